The summed E-state index contributed by atoms with van der Waals surface area (Å²) in [6.07, 6.45) is 0. The van der Waals surface area contributed by atoms with Crippen molar-refractivity contribution in [3.05, 3.63) is 53.6 Å². The number of carbonyl (C=O) groups excluding carboxylic acids is 2. The Hall–Kier alpha value is -2.67. The van der Waals surface area contributed by atoms with E-state index in [0.29, 0.717) is 23.1 Å². The smallest absolute Gasteiger partial charge is 0.261 e. The molecule has 148 valence electrons. The molecule has 0 saturated carbocycles. The molecule has 1 aliphatic heterocycles. The molecular weight excluding hydrogens is 376 g/mol. The van der Waals surface area contributed by atoms with Gasteiger partial charge < -0.3 is 19.7 Å². The molecule has 2 aromatic rings. The average molecular weight is 401 g/mol. The Morgan fingerprint density at radius 3 is 2.50 bits per heavy atom. The van der Waals surface area contributed by atoms with Gasteiger partial charge in [0.05, 0.1) is 13.0 Å². The van der Waals surface area contributed by atoms with Crippen molar-refractivity contribution in [1.82, 2.24) is 4.90 Å². The Bertz CT molecular complexity index is 854. The maximum Gasteiger partial charge on any atom is 0.261 e. The van der Waals surface area contributed by atoms with Crippen molar-refractivity contribution in [1.29, 1.82) is 0 Å². The van der Waals surface area contributed by atoms with E-state index in [1.165, 1.54) is 5.56 Å². The van der Waals surface area contributed by atoms with Gasteiger partial charge in [0.1, 0.15) is 17.5 Å². The number of nitrogens with one attached hydrogen (secondary N) is 1. The number of amides is 2. The van der Waals surface area contributed by atoms with Crippen molar-refractivity contribution in [3.8, 4) is 11.5 Å². The number of rotatable bonds is 6. The van der Waals surface area contributed by atoms with Crippen LogP contribution in [-0.2, 0) is 9.59 Å². The Morgan fingerprint density at radius 1 is 1.11 bits per heavy atom. The number of hydrogen-bond donors (Lipinski definition) is 1. The van der Waals surface area contributed by atoms with Gasteiger partial charge in [0, 0.05) is 11.4 Å². The highest BCUT2D eigenvalue weighted by Crippen LogP contribution is 2.24. The lowest BCUT2D eigenvalue weighted by molar-refractivity contribution is -0.137. The Balaban J connectivity index is 1.58. The predicted octanol–water partition coefficient (Wildman–Crippen LogP) is 3.23. The highest BCUT2D eigenvalue weighted by molar-refractivity contribution is 7.99. The second-order valence-corrected chi connectivity index (χ2v) is 7.63. The zero-order valence-corrected chi connectivity index (χ0v) is 17.0. The van der Waals surface area contributed by atoms with Gasteiger partial charge in [-0.2, -0.15) is 0 Å². The van der Waals surface area contributed by atoms with E-state index in [-0.39, 0.29) is 18.4 Å². The molecule has 1 N–H and O–H groups in total. The molecule has 1 atom stereocenters. The molecule has 1 saturated heterocycles. The average Bonchev–Trinajstić information content (AvgIpc) is 3.19. The maximum atomic E-state index is 12.7. The van der Waals surface area contributed by atoms with Gasteiger partial charge in [-0.1, -0.05) is 6.07 Å². The highest BCUT2D eigenvalue weighted by atomic mass is 32.2. The first-order valence-corrected chi connectivity index (χ1v) is 10.2. The number of ether oxygens (including phenoxy) is 2. The van der Waals surface area contributed by atoms with Crippen LogP contribution in [0.15, 0.2) is 42.5 Å². The molecule has 3 rings (SSSR count). The van der Waals surface area contributed by atoms with Crippen molar-refractivity contribution >= 4 is 29.3 Å². The quantitative estimate of drug-likeness (QED) is 0.806. The summed E-state index contributed by atoms with van der Waals surface area (Å²) in [5.41, 5.74) is 2.95. The molecule has 28 heavy (non-hydrogen) atoms. The van der Waals surface area contributed by atoms with E-state index in [2.05, 4.69) is 5.32 Å². The molecule has 0 aliphatic carbocycles. The van der Waals surface area contributed by atoms with E-state index < -0.39 is 6.04 Å². The van der Waals surface area contributed by atoms with E-state index in [0.717, 1.165) is 11.3 Å². The Kier molecular flexibility index (Phi) is 6.46. The van der Waals surface area contributed by atoms with E-state index in [1.807, 2.05) is 32.0 Å². The van der Waals surface area contributed by atoms with Crippen LogP contribution in [0, 0.1) is 13.8 Å². The first kappa shape index (κ1) is 20.1. The van der Waals surface area contributed by atoms with Crippen LogP contribution in [0.2, 0.25) is 0 Å². The van der Waals surface area contributed by atoms with E-state index in [4.69, 9.17) is 9.47 Å². The molecule has 0 spiro atoms. The minimum Gasteiger partial charge on any atom is -0.497 e. The molecule has 0 radical (unpaired) electrons. The van der Waals surface area contributed by atoms with Crippen LogP contribution in [0.5, 0.6) is 11.5 Å². The summed E-state index contributed by atoms with van der Waals surface area (Å²) in [4.78, 5) is 26.8. The first-order valence-electron chi connectivity index (χ1n) is 9.00. The summed E-state index contributed by atoms with van der Waals surface area (Å²) in [6.45, 7) is 3.94. The lowest BCUT2D eigenvalue weighted by atomic mass is 10.1. The van der Waals surface area contributed by atoms with E-state index in [1.54, 1.807) is 48.0 Å². The molecule has 0 aromatic heterocycles. The second kappa shape index (κ2) is 9.01. The van der Waals surface area contributed by atoms with Gasteiger partial charge >= 0.3 is 0 Å². The Morgan fingerprint density at radius 2 is 1.82 bits per heavy atom. The summed E-state index contributed by atoms with van der Waals surface area (Å²) in [6, 6.07) is 12.3. The number of methoxy groups -OCH3 is 1. The molecule has 1 heterocycles. The molecule has 2 amide bonds. The predicted molar refractivity (Wildman–Crippen MR) is 111 cm³/mol. The van der Waals surface area contributed by atoms with Crippen molar-refractivity contribution in [2.24, 2.45) is 0 Å². The molecule has 1 aliphatic rings. The lowest BCUT2D eigenvalue weighted by Crippen LogP contribution is -2.46. The van der Waals surface area contributed by atoms with Crippen LogP contribution in [-0.4, -0.2) is 48.1 Å². The molecule has 0 bridgehead atoms. The highest BCUT2D eigenvalue weighted by Gasteiger charge is 2.34. The molecular formula is C21H24N2O4S. The molecule has 2 aromatic carbocycles. The van der Waals surface area contributed by atoms with E-state index >= 15 is 0 Å². The fourth-order valence-corrected chi connectivity index (χ4v) is 4.02. The monoisotopic (exact) mass is 400 g/mol. The number of aryl methyl sites for hydroxylation is 2. The summed E-state index contributed by atoms with van der Waals surface area (Å²) in [5.74, 6) is 2.03. The van der Waals surface area contributed by atoms with Crippen molar-refractivity contribution < 1.29 is 19.1 Å². The zero-order chi connectivity index (χ0) is 20.1. The fourth-order valence-electron chi connectivity index (χ4n) is 2.84. The normalized spacial score (nSPS) is 16.0. The van der Waals surface area contributed by atoms with Gasteiger partial charge in [0.2, 0.25) is 5.91 Å². The second-order valence-electron chi connectivity index (χ2n) is 6.63. The first-order chi connectivity index (χ1) is 13.5. The summed E-state index contributed by atoms with van der Waals surface area (Å²) >= 11 is 1.56. The lowest BCUT2D eigenvalue weighted by Gasteiger charge is -2.23. The minimum absolute atomic E-state index is 0.0879. The largest absolute Gasteiger partial charge is 0.497 e. The van der Waals surface area contributed by atoms with Crippen LogP contribution < -0.4 is 14.8 Å². The van der Waals surface area contributed by atoms with Crippen LogP contribution in [0.1, 0.15) is 11.1 Å². The third-order valence-corrected chi connectivity index (χ3v) is 5.72. The third kappa shape index (κ3) is 4.78. The number of nitrogens with zero attached hydrogens (tertiary/aromatic N) is 1. The standard InChI is InChI=1S/C21H24N2O4S/c1-14-4-7-18(10-15(14)2)27-11-20(24)23-13-28-12-19(23)21(25)22-16-5-8-17(26-3)9-6-16/h4-10,19H,11-13H2,1-3H3,(H,22,25). The van der Waals surface area contributed by atoms with Crippen LogP contribution >= 0.6 is 11.8 Å². The van der Waals surface area contributed by atoms with Crippen molar-refractivity contribution in [2.45, 2.75) is 19.9 Å². The van der Waals surface area contributed by atoms with Crippen molar-refractivity contribution in [3.63, 3.8) is 0 Å². The van der Waals surface area contributed by atoms with Gasteiger partial charge in [0.25, 0.3) is 5.91 Å². The van der Waals surface area contributed by atoms with Crippen LogP contribution in [0.3, 0.4) is 0 Å². The summed E-state index contributed by atoms with van der Waals surface area (Å²) in [5, 5.41) is 2.86. The number of thioether (sulfide) groups is 1. The number of hydrogen-bond acceptors (Lipinski definition) is 5. The fraction of sp³-hybridized carbons (Fsp3) is 0.333. The molecule has 7 heteroatoms. The number of carbonyl (C=O) groups is 2. The molecule has 6 nitrogen and oxygen atoms in total. The van der Waals surface area contributed by atoms with Crippen LogP contribution in [0.4, 0.5) is 5.69 Å². The van der Waals surface area contributed by atoms with Gasteiger partial charge in [0.15, 0.2) is 6.61 Å². The number of benzene rings is 2. The Labute approximate surface area is 169 Å². The van der Waals surface area contributed by atoms with Gasteiger partial charge in [-0.25, -0.2) is 0 Å². The minimum atomic E-state index is -0.511. The van der Waals surface area contributed by atoms with Crippen molar-refractivity contribution in [2.75, 3.05) is 30.7 Å². The summed E-state index contributed by atoms with van der Waals surface area (Å²) < 4.78 is 10.8. The molecule has 1 unspecified atom stereocenters. The van der Waals surface area contributed by atoms with Crippen LogP contribution in [0.25, 0.3) is 0 Å². The maximum absolute atomic E-state index is 12.7. The summed E-state index contributed by atoms with van der Waals surface area (Å²) in [7, 11) is 1.59. The molecule has 1 fully saturated rings. The zero-order valence-electron chi connectivity index (χ0n) is 16.2. The van der Waals surface area contributed by atoms with Gasteiger partial charge in [-0.3, -0.25) is 9.59 Å². The van der Waals surface area contributed by atoms with Gasteiger partial charge in [-0.05, 0) is 61.4 Å². The SMILES string of the molecule is COc1ccc(NC(=O)C2CSCN2C(=O)COc2ccc(C)c(C)c2)cc1. The number of anilines is 1. The third-order valence-electron chi connectivity index (χ3n) is 4.70. The van der Waals surface area contributed by atoms with Gasteiger partial charge in [-0.15, -0.1) is 11.8 Å². The van der Waals surface area contributed by atoms with E-state index in [9.17, 15) is 9.59 Å². The topological polar surface area (TPSA) is 67.9 Å².